The maximum atomic E-state index is 13.9. The maximum absolute atomic E-state index is 13.9. The molecule has 7 rings (SSSR count). The van der Waals surface area contributed by atoms with Crippen molar-refractivity contribution in [1.29, 1.82) is 0 Å². The van der Waals surface area contributed by atoms with Gasteiger partial charge in [-0.1, -0.05) is 15.6 Å². The summed E-state index contributed by atoms with van der Waals surface area (Å²) in [5, 5.41) is 141. The van der Waals surface area contributed by atoms with E-state index in [0.717, 1.165) is 0 Å². The molecule has 0 radical (unpaired) electrons. The molecule has 18 atom stereocenters. The second-order valence-corrected chi connectivity index (χ2v) is 34.6. The third kappa shape index (κ3) is 34.7. The summed E-state index contributed by atoms with van der Waals surface area (Å²) in [5.74, 6) is -1.64. The fourth-order valence-corrected chi connectivity index (χ4v) is 16.5. The minimum absolute atomic E-state index is 0.0281. The number of rotatable bonds is 53. The van der Waals surface area contributed by atoms with Crippen molar-refractivity contribution in [2.45, 2.75) is 158 Å². The normalized spacial score (nSPS) is 27.4. The van der Waals surface area contributed by atoms with Crippen LogP contribution in [0, 0.1) is 0 Å². The lowest BCUT2D eigenvalue weighted by atomic mass is 9.99. The molecule has 4 saturated heterocycles. The number of ether oxygens (including phenoxy) is 12. The van der Waals surface area contributed by atoms with Gasteiger partial charge in [0.25, 0.3) is 0 Å². The Labute approximate surface area is 651 Å². The van der Waals surface area contributed by atoms with Gasteiger partial charge in [-0.05, 0) is 6.92 Å². The zero-order valence-corrected chi connectivity index (χ0v) is 65.8. The van der Waals surface area contributed by atoms with E-state index in [9.17, 15) is 98.9 Å². The average Bonchev–Trinajstić information content (AvgIpc) is 1.62. The number of aliphatic hydroxyl groups is 11. The number of hydrogen-bond donors (Lipinski definition) is 17. The molecule has 0 aliphatic carbocycles. The number of amides is 3. The molecule has 3 unspecified atom stereocenters. The monoisotopic (exact) mass is 1690 g/mol. The number of aromatic nitrogens is 9. The highest BCUT2D eigenvalue weighted by molar-refractivity contribution is 7.58. The fourth-order valence-electron chi connectivity index (χ4n) is 11.7. The van der Waals surface area contributed by atoms with Crippen LogP contribution >= 0.6 is 22.1 Å². The van der Waals surface area contributed by atoms with Gasteiger partial charge >= 0.3 is 0 Å². The first-order valence-corrected chi connectivity index (χ1v) is 43.3. The number of carbonyl (C=O) groups excluding carboxylic acids is 3. The zero-order chi connectivity index (χ0) is 81.9. The van der Waals surface area contributed by atoms with Gasteiger partial charge in [0.2, 0.25) is 39.8 Å². The summed E-state index contributed by atoms with van der Waals surface area (Å²) in [5.41, 5.74) is 1.19. The third-order valence-electron chi connectivity index (χ3n) is 18.2. The van der Waals surface area contributed by atoms with Crippen LogP contribution < -0.4 is 16.0 Å². The molecule has 3 aromatic heterocycles. The molecule has 0 bridgehead atoms. The van der Waals surface area contributed by atoms with Gasteiger partial charge in [-0.15, -0.1) is 15.3 Å². The summed E-state index contributed by atoms with van der Waals surface area (Å²) in [6.07, 6.45) is -18.6. The van der Waals surface area contributed by atoms with Crippen LogP contribution in [0.2, 0.25) is 0 Å². The van der Waals surface area contributed by atoms with Gasteiger partial charge in [0.05, 0.1) is 195 Å². The first kappa shape index (κ1) is 95.5. The molecule has 17 N–H and O–H groups in total. The van der Waals surface area contributed by atoms with Gasteiger partial charge < -0.3 is 144 Å². The van der Waals surface area contributed by atoms with E-state index in [4.69, 9.17) is 56.8 Å². The van der Waals surface area contributed by atoms with E-state index in [0.29, 0.717) is 36.7 Å². The standard InChI is InChI=1S/C63H114N15O32P3/c1-43-52(84)55(87)58(90)61(108-43)105-26-23-102-20-17-99-14-11-76-35-44(67-70-76)32-64-49(81)2-29-111(93,94)40-73-5-7-74(41-112(95,96)30-3-50(82)65-33-45-36-77(71-68-45)12-15-100-18-21-103-24-27-106-62-59(91)56(88)53(85)47(38-79)109-62)9-10-75(8-6-73)42-113(97,98)31-4-51(83)66-34-46-37-78(72-69-46)13-16-101-19-22-104-25-28-107-63-60(92)57(89)54(86)48(39-80)110-63/h35-37,43,47-48,52-63,79-80,84-92H,2-34,38-42H2,1H3,(H,64,81)(H,65,82)(H,66,83)(H,93,94)(H,95,96)(H,97,98)/t43-,47-,48-,52+,53+,54+,55+,56+,57+,58-,59-,60-,61-,62-,63-/m1/s1. The summed E-state index contributed by atoms with van der Waals surface area (Å²) in [7, 11) is -12.3. The molecule has 0 saturated carbocycles. The van der Waals surface area contributed by atoms with Gasteiger partial charge in [-0.3, -0.25) is 42.8 Å². The van der Waals surface area contributed by atoms with Crippen LogP contribution in [0.25, 0.3) is 0 Å². The minimum Gasteiger partial charge on any atom is -0.394 e. The van der Waals surface area contributed by atoms with Crippen LogP contribution in [0.15, 0.2) is 18.6 Å². The molecule has 47 nitrogen and oxygen atoms in total. The van der Waals surface area contributed by atoms with Crippen LogP contribution in [0.4, 0.5) is 0 Å². The lowest BCUT2D eigenvalue weighted by Gasteiger charge is -2.39. The summed E-state index contributed by atoms with van der Waals surface area (Å²) in [6.45, 7) is 3.92. The van der Waals surface area contributed by atoms with E-state index in [1.807, 2.05) is 0 Å². The van der Waals surface area contributed by atoms with Crippen LogP contribution in [0.1, 0.15) is 43.3 Å². The van der Waals surface area contributed by atoms with Gasteiger partial charge in [0, 0.05) is 77.0 Å². The van der Waals surface area contributed by atoms with Crippen LogP contribution in [0.3, 0.4) is 0 Å². The Balaban J connectivity index is 0.811. The van der Waals surface area contributed by atoms with Gasteiger partial charge in [0.1, 0.15) is 84.2 Å². The summed E-state index contributed by atoms with van der Waals surface area (Å²) in [4.78, 5) is 78.2. The van der Waals surface area contributed by atoms with Crippen molar-refractivity contribution in [3.63, 3.8) is 0 Å². The minimum atomic E-state index is -4.11. The zero-order valence-electron chi connectivity index (χ0n) is 63.1. The van der Waals surface area contributed by atoms with Crippen LogP contribution in [-0.2, 0) is 124 Å². The summed E-state index contributed by atoms with van der Waals surface area (Å²) >= 11 is 0. The first-order chi connectivity index (χ1) is 54.0. The SMILES string of the molecule is C[C@H]1O[C@@H](OCCOCCOCCn2cc(CNC(=O)CCP(=O)(O)CN3CCN(CP(=O)(O)CCC(=O)NCc4cn(CCOCCOCCO[C@@H]5O[C@H](CO)[C@H](O)[C@H](O)[C@H]5O)nn4)CCN(CP(=O)(O)CCC(=O)NCc4cn(CCOCCOCCO[C@@H]5O[C@H](CO)[C@H](O)[C@H](O)[C@H]5O)nn4)CC3)nn2)[C@H](O)[C@@H](O)[C@H]1O. The quantitative estimate of drug-likeness (QED) is 0.0184. The Hall–Kier alpha value is -4.64. The molecule has 4 aliphatic heterocycles. The van der Waals surface area contributed by atoms with Crippen molar-refractivity contribution >= 4 is 39.8 Å². The van der Waals surface area contributed by atoms with E-state index in [1.165, 1.54) is 14.0 Å². The molecule has 648 valence electrons. The van der Waals surface area contributed by atoms with Crippen molar-refractivity contribution in [1.82, 2.24) is 75.6 Å². The Kier molecular flexibility index (Phi) is 42.0. The Morgan fingerprint density at radius 2 is 0.664 bits per heavy atom. The van der Waals surface area contributed by atoms with Crippen LogP contribution in [-0.4, -0.2) is 429 Å². The van der Waals surface area contributed by atoms with Crippen molar-refractivity contribution in [2.75, 3.05) is 189 Å². The topological polar surface area (TPSA) is 634 Å². The number of carbonyl (C=O) groups is 3. The van der Waals surface area contributed by atoms with E-state index in [1.54, 1.807) is 40.2 Å². The second-order valence-electron chi connectivity index (χ2n) is 27.3. The molecule has 113 heavy (non-hydrogen) atoms. The van der Waals surface area contributed by atoms with Crippen molar-refractivity contribution < 1.29 is 156 Å². The predicted molar refractivity (Wildman–Crippen MR) is 386 cm³/mol. The molecule has 0 aromatic carbocycles. The van der Waals surface area contributed by atoms with Gasteiger partial charge in [-0.2, -0.15) is 0 Å². The molecule has 0 spiro atoms. The van der Waals surface area contributed by atoms with Crippen molar-refractivity contribution in [2.24, 2.45) is 0 Å². The molecule has 3 aromatic rings. The number of nitrogens with one attached hydrogen (secondary N) is 3. The molecule has 50 heteroatoms. The van der Waals surface area contributed by atoms with E-state index in [-0.39, 0.29) is 177 Å². The van der Waals surface area contributed by atoms with Crippen molar-refractivity contribution in [3.05, 3.63) is 35.7 Å². The fraction of sp³-hybridized carbons (Fsp3) is 0.857. The largest absolute Gasteiger partial charge is 0.394 e. The number of nitrogens with zero attached hydrogens (tertiary/aromatic N) is 12. The third-order valence-corrected chi connectivity index (χ3v) is 23.5. The first-order valence-electron chi connectivity index (χ1n) is 37.2. The maximum Gasteiger partial charge on any atom is 0.220 e. The highest BCUT2D eigenvalue weighted by atomic mass is 31.2. The molecule has 4 aliphatic rings. The van der Waals surface area contributed by atoms with E-state index in [2.05, 4.69) is 46.9 Å². The highest BCUT2D eigenvalue weighted by Crippen LogP contribution is 2.45. The summed E-state index contributed by atoms with van der Waals surface area (Å²) in [6, 6.07) is 0. The Bertz CT molecular complexity index is 3220. The lowest BCUT2D eigenvalue weighted by Crippen LogP contribution is -2.59. The van der Waals surface area contributed by atoms with E-state index < -0.39 is 183 Å². The Morgan fingerprint density at radius 3 is 0.956 bits per heavy atom. The molecular weight excluding hydrogens is 1570 g/mol. The average molecular weight is 1690 g/mol. The molecular formula is C63H114N15O32P3. The van der Waals surface area contributed by atoms with Gasteiger partial charge in [0.15, 0.2) is 18.9 Å². The van der Waals surface area contributed by atoms with E-state index >= 15 is 0 Å². The Morgan fingerprint density at radius 1 is 0.398 bits per heavy atom. The van der Waals surface area contributed by atoms with Crippen LogP contribution in [0.5, 0.6) is 0 Å². The molecule has 4 fully saturated rings. The summed E-state index contributed by atoms with van der Waals surface area (Å²) < 4.78 is 112. The lowest BCUT2D eigenvalue weighted by molar-refractivity contribution is -0.302. The highest BCUT2D eigenvalue weighted by Gasteiger charge is 2.46. The van der Waals surface area contributed by atoms with Crippen molar-refractivity contribution in [3.8, 4) is 0 Å². The molecule has 3 amide bonds. The van der Waals surface area contributed by atoms with Gasteiger partial charge in [-0.25, -0.2) is 14.0 Å². The smallest absolute Gasteiger partial charge is 0.220 e. The predicted octanol–water partition coefficient (Wildman–Crippen LogP) is -8.94. The second kappa shape index (κ2) is 49.7. The molecule has 7 heterocycles. The number of hydrogen-bond acceptors (Lipinski definition) is 38. The number of aliphatic hydroxyl groups excluding tert-OH is 11.